The lowest BCUT2D eigenvalue weighted by molar-refractivity contribution is -0.384. The number of carbonyl (C=O) groups is 1. The summed E-state index contributed by atoms with van der Waals surface area (Å²) in [6, 6.07) is 4.29. The van der Waals surface area contributed by atoms with E-state index >= 15 is 0 Å². The molecule has 1 aliphatic rings. The Morgan fingerprint density at radius 3 is 2.52 bits per heavy atom. The largest absolute Gasteiger partial charge is 0.444 e. The molecule has 2 rings (SSSR count). The first-order chi connectivity index (χ1) is 15.4. The van der Waals surface area contributed by atoms with E-state index in [1.54, 1.807) is 26.8 Å². The Hall–Kier alpha value is -3.16. The SMILES string of the molecule is C#CCN(C[C@@H]1C=CC[C@H]1N(CC=C)C(=O)OC(C)(C)C)S(=O)(=O)c1ccc([N+](=O)[O-])cc1. The molecule has 0 saturated heterocycles. The topological polar surface area (TPSA) is 110 Å². The molecule has 10 heteroatoms. The summed E-state index contributed by atoms with van der Waals surface area (Å²) in [5.74, 6) is 2.03. The van der Waals surface area contributed by atoms with Crippen molar-refractivity contribution >= 4 is 21.8 Å². The van der Waals surface area contributed by atoms with Gasteiger partial charge in [0.05, 0.1) is 16.4 Å². The van der Waals surface area contributed by atoms with E-state index in [-0.39, 0.29) is 42.2 Å². The average molecular weight is 476 g/mol. The van der Waals surface area contributed by atoms with Crippen LogP contribution in [0.25, 0.3) is 0 Å². The van der Waals surface area contributed by atoms with Gasteiger partial charge in [-0.3, -0.25) is 10.1 Å². The van der Waals surface area contributed by atoms with Crippen LogP contribution in [0.4, 0.5) is 10.5 Å². The number of rotatable bonds is 9. The summed E-state index contributed by atoms with van der Waals surface area (Å²) in [6.45, 7) is 9.10. The number of nitrogens with zero attached hydrogens (tertiary/aromatic N) is 3. The summed E-state index contributed by atoms with van der Waals surface area (Å²) < 4.78 is 33.1. The lowest BCUT2D eigenvalue weighted by Gasteiger charge is -2.35. The van der Waals surface area contributed by atoms with E-state index in [0.717, 1.165) is 16.4 Å². The fourth-order valence-electron chi connectivity index (χ4n) is 3.52. The van der Waals surface area contributed by atoms with E-state index < -0.39 is 26.6 Å². The van der Waals surface area contributed by atoms with Crippen molar-refractivity contribution in [1.82, 2.24) is 9.21 Å². The molecule has 0 spiro atoms. The van der Waals surface area contributed by atoms with Crippen LogP contribution in [0.15, 0.2) is 54.0 Å². The predicted molar refractivity (Wildman–Crippen MR) is 125 cm³/mol. The number of hydrogen-bond donors (Lipinski definition) is 0. The zero-order valence-electron chi connectivity index (χ0n) is 19.0. The molecule has 2 atom stereocenters. The molecule has 1 amide bonds. The Bertz CT molecular complexity index is 1050. The van der Waals surface area contributed by atoms with Crippen LogP contribution in [-0.2, 0) is 14.8 Å². The minimum Gasteiger partial charge on any atom is -0.444 e. The second-order valence-electron chi connectivity index (χ2n) is 8.57. The van der Waals surface area contributed by atoms with Gasteiger partial charge in [-0.25, -0.2) is 13.2 Å². The summed E-state index contributed by atoms with van der Waals surface area (Å²) in [6.07, 6.45) is 10.8. The van der Waals surface area contributed by atoms with E-state index in [1.807, 2.05) is 12.2 Å². The van der Waals surface area contributed by atoms with Gasteiger partial charge < -0.3 is 9.64 Å². The molecule has 0 aromatic heterocycles. The Morgan fingerprint density at radius 2 is 2.00 bits per heavy atom. The van der Waals surface area contributed by atoms with Crippen molar-refractivity contribution in [3.8, 4) is 12.3 Å². The molecule has 178 valence electrons. The standard InChI is InChI=1S/C23H29N3O6S/c1-6-15-24(33(30,31)20-13-11-19(12-14-20)26(28)29)17-18-9-8-10-21(18)25(16-7-2)22(27)32-23(3,4)5/h1,7-9,11-14,18,21H,2,10,15-17H2,3-5H3/t18-,21+/m0/s1. The molecule has 0 fully saturated rings. The lowest BCUT2D eigenvalue weighted by Crippen LogP contribution is -2.48. The third kappa shape index (κ3) is 6.66. The van der Waals surface area contributed by atoms with E-state index in [2.05, 4.69) is 12.5 Å². The maximum Gasteiger partial charge on any atom is 0.410 e. The number of benzene rings is 1. The molecule has 0 bridgehead atoms. The van der Waals surface area contributed by atoms with Gasteiger partial charge in [0, 0.05) is 37.2 Å². The highest BCUT2D eigenvalue weighted by atomic mass is 32.2. The van der Waals surface area contributed by atoms with Crippen molar-refractivity contribution in [2.24, 2.45) is 5.92 Å². The molecule has 0 aliphatic heterocycles. The van der Waals surface area contributed by atoms with E-state index in [4.69, 9.17) is 11.2 Å². The van der Waals surface area contributed by atoms with E-state index in [1.165, 1.54) is 17.0 Å². The number of nitro benzene ring substituents is 1. The van der Waals surface area contributed by atoms with Gasteiger partial charge in [-0.15, -0.1) is 13.0 Å². The molecule has 0 radical (unpaired) electrons. The second-order valence-corrected chi connectivity index (χ2v) is 10.5. The first kappa shape index (κ1) is 26.1. The molecule has 9 nitrogen and oxygen atoms in total. The van der Waals surface area contributed by atoms with Crippen LogP contribution in [0.3, 0.4) is 0 Å². The Labute approximate surface area is 194 Å². The minimum absolute atomic E-state index is 0.0289. The summed E-state index contributed by atoms with van der Waals surface area (Å²) in [7, 11) is -4.02. The molecule has 0 unspecified atom stereocenters. The fourth-order valence-corrected chi connectivity index (χ4v) is 4.91. The van der Waals surface area contributed by atoms with Gasteiger partial charge in [-0.1, -0.05) is 24.1 Å². The number of sulfonamides is 1. The third-order valence-corrected chi connectivity index (χ3v) is 6.80. The molecule has 1 aliphatic carbocycles. The van der Waals surface area contributed by atoms with Crippen LogP contribution < -0.4 is 0 Å². The van der Waals surface area contributed by atoms with Gasteiger partial charge >= 0.3 is 6.09 Å². The maximum absolute atomic E-state index is 13.2. The van der Waals surface area contributed by atoms with Crippen LogP contribution >= 0.6 is 0 Å². The van der Waals surface area contributed by atoms with Crippen LogP contribution in [0.2, 0.25) is 0 Å². The Balaban J connectivity index is 2.30. The molecule has 0 N–H and O–H groups in total. The van der Waals surface area contributed by atoms with Crippen LogP contribution in [0.5, 0.6) is 0 Å². The second kappa shape index (κ2) is 10.6. The zero-order valence-corrected chi connectivity index (χ0v) is 19.8. The number of terminal acetylenes is 1. The lowest BCUT2D eigenvalue weighted by atomic mass is 10.0. The van der Waals surface area contributed by atoms with E-state index in [0.29, 0.717) is 6.42 Å². The molecule has 1 aromatic carbocycles. The smallest absolute Gasteiger partial charge is 0.410 e. The highest BCUT2D eigenvalue weighted by Crippen LogP contribution is 2.29. The summed E-state index contributed by atoms with van der Waals surface area (Å²) in [5.41, 5.74) is -0.902. The van der Waals surface area contributed by atoms with Gasteiger partial charge in [-0.05, 0) is 39.3 Å². The highest BCUT2D eigenvalue weighted by molar-refractivity contribution is 7.89. The van der Waals surface area contributed by atoms with Crippen molar-refractivity contribution < 1.29 is 22.9 Å². The first-order valence-electron chi connectivity index (χ1n) is 10.4. The van der Waals surface area contributed by atoms with Gasteiger partial charge in [0.15, 0.2) is 0 Å². The average Bonchev–Trinajstić information content (AvgIpc) is 3.18. The summed E-state index contributed by atoms with van der Waals surface area (Å²) >= 11 is 0. The molecule has 1 aromatic rings. The van der Waals surface area contributed by atoms with Crippen LogP contribution in [-0.4, -0.2) is 59.9 Å². The molecular formula is C23H29N3O6S. The number of carbonyl (C=O) groups excluding carboxylic acids is 1. The van der Waals surface area contributed by atoms with Crippen LogP contribution in [0.1, 0.15) is 27.2 Å². The Kier molecular flexibility index (Phi) is 8.41. The van der Waals surface area contributed by atoms with Crippen molar-refractivity contribution in [3.05, 3.63) is 59.2 Å². The monoisotopic (exact) mass is 475 g/mol. The van der Waals surface area contributed by atoms with Crippen molar-refractivity contribution in [2.75, 3.05) is 19.6 Å². The molecular weight excluding hydrogens is 446 g/mol. The Morgan fingerprint density at radius 1 is 1.36 bits per heavy atom. The zero-order chi connectivity index (χ0) is 24.8. The molecule has 33 heavy (non-hydrogen) atoms. The number of hydrogen-bond acceptors (Lipinski definition) is 6. The van der Waals surface area contributed by atoms with Crippen molar-refractivity contribution in [1.29, 1.82) is 0 Å². The minimum atomic E-state index is -4.02. The fraction of sp³-hybridized carbons (Fsp3) is 0.435. The quantitative estimate of drug-likeness (QED) is 0.234. The molecule has 0 saturated carbocycles. The van der Waals surface area contributed by atoms with Gasteiger partial charge in [0.2, 0.25) is 10.0 Å². The van der Waals surface area contributed by atoms with Crippen molar-refractivity contribution in [2.45, 2.75) is 43.7 Å². The summed E-state index contributed by atoms with van der Waals surface area (Å²) in [4.78, 5) is 24.5. The van der Waals surface area contributed by atoms with Gasteiger partial charge in [-0.2, -0.15) is 4.31 Å². The van der Waals surface area contributed by atoms with Gasteiger partial charge in [0.1, 0.15) is 5.60 Å². The first-order valence-corrected chi connectivity index (χ1v) is 11.8. The third-order valence-electron chi connectivity index (χ3n) is 4.98. The number of amides is 1. The maximum atomic E-state index is 13.2. The van der Waals surface area contributed by atoms with E-state index in [9.17, 15) is 23.3 Å². The molecule has 0 heterocycles. The number of ether oxygens (including phenoxy) is 1. The highest BCUT2D eigenvalue weighted by Gasteiger charge is 2.37. The van der Waals surface area contributed by atoms with Crippen molar-refractivity contribution in [3.63, 3.8) is 0 Å². The number of nitro groups is 1. The van der Waals surface area contributed by atoms with Gasteiger partial charge in [0.25, 0.3) is 5.69 Å². The predicted octanol–water partition coefficient (Wildman–Crippen LogP) is 3.59. The normalized spacial score (nSPS) is 18.0. The van der Waals surface area contributed by atoms with Crippen LogP contribution in [0, 0.1) is 28.4 Å². The number of non-ortho nitro benzene ring substituents is 1. The summed E-state index contributed by atoms with van der Waals surface area (Å²) in [5, 5.41) is 10.9.